The van der Waals surface area contributed by atoms with Crippen molar-refractivity contribution >= 4 is 23.6 Å². The van der Waals surface area contributed by atoms with Crippen LogP contribution in [0.3, 0.4) is 0 Å². The van der Waals surface area contributed by atoms with Crippen molar-refractivity contribution in [2.24, 2.45) is 5.92 Å². The molecular formula is C13H18N2O3S. The average molecular weight is 282 g/mol. The number of likely N-dealkylation sites (N-methyl/N-ethyl adjacent to an activating group) is 1. The summed E-state index contributed by atoms with van der Waals surface area (Å²) in [4.78, 5) is 25.4. The van der Waals surface area contributed by atoms with Crippen LogP contribution in [0.4, 0.5) is 0 Å². The lowest BCUT2D eigenvalue weighted by atomic mass is 10.1. The van der Waals surface area contributed by atoms with E-state index >= 15 is 0 Å². The minimum Gasteiger partial charge on any atom is -0.463 e. The number of carbonyl (C=O) groups excluding carboxylic acids is 2. The summed E-state index contributed by atoms with van der Waals surface area (Å²) >= 11 is 1.60. The Labute approximate surface area is 117 Å². The van der Waals surface area contributed by atoms with Gasteiger partial charge in [0.1, 0.15) is 0 Å². The fraction of sp³-hybridized carbons (Fsp3) is 0.538. The van der Waals surface area contributed by atoms with Gasteiger partial charge in [0.15, 0.2) is 0 Å². The fourth-order valence-corrected chi connectivity index (χ4v) is 3.58. The molecule has 2 aliphatic rings. The zero-order valence-electron chi connectivity index (χ0n) is 11.4. The number of fused-ring (bicyclic) bond motifs is 1. The van der Waals surface area contributed by atoms with Crippen molar-refractivity contribution in [3.8, 4) is 0 Å². The van der Waals surface area contributed by atoms with Crippen molar-refractivity contribution < 1.29 is 14.3 Å². The van der Waals surface area contributed by atoms with Gasteiger partial charge in [0.2, 0.25) is 5.91 Å². The topological polar surface area (TPSA) is 58.6 Å². The van der Waals surface area contributed by atoms with Gasteiger partial charge in [0.05, 0.1) is 17.2 Å². The standard InChI is InChI=1S/C13H18N2O3S/c1-4-18-13(17)11-8(2)6-15-9(5-10(16)14-3)7-19-12(11)15/h5,8H,4,6-7H2,1-3H3,(H,14,16)/b9-5+. The number of rotatable bonds is 3. The fourth-order valence-electron chi connectivity index (χ4n) is 2.27. The number of nitrogens with zero attached hydrogens (tertiary/aromatic N) is 1. The highest BCUT2D eigenvalue weighted by atomic mass is 32.2. The molecule has 1 fully saturated rings. The van der Waals surface area contributed by atoms with E-state index in [0.717, 1.165) is 28.6 Å². The zero-order chi connectivity index (χ0) is 14.0. The summed E-state index contributed by atoms with van der Waals surface area (Å²) in [5.74, 6) is 0.503. The first-order valence-electron chi connectivity index (χ1n) is 6.32. The summed E-state index contributed by atoms with van der Waals surface area (Å²) in [6, 6.07) is 0. The van der Waals surface area contributed by atoms with Gasteiger partial charge in [0.25, 0.3) is 0 Å². The maximum absolute atomic E-state index is 12.0. The minimum absolute atomic E-state index is 0.117. The molecule has 6 heteroatoms. The smallest absolute Gasteiger partial charge is 0.337 e. The van der Waals surface area contributed by atoms with Gasteiger partial charge in [-0.3, -0.25) is 4.79 Å². The van der Waals surface area contributed by atoms with Gasteiger partial charge in [-0.1, -0.05) is 6.92 Å². The maximum atomic E-state index is 12.0. The van der Waals surface area contributed by atoms with E-state index in [9.17, 15) is 9.59 Å². The second-order valence-corrected chi connectivity index (χ2v) is 5.45. The van der Waals surface area contributed by atoms with Crippen molar-refractivity contribution in [2.75, 3.05) is 26.0 Å². The van der Waals surface area contributed by atoms with E-state index in [4.69, 9.17) is 4.74 Å². The molecule has 1 amide bonds. The van der Waals surface area contributed by atoms with Crippen LogP contribution in [0.1, 0.15) is 13.8 Å². The summed E-state index contributed by atoms with van der Waals surface area (Å²) in [5, 5.41) is 3.52. The molecule has 0 aromatic rings. The molecule has 0 bridgehead atoms. The van der Waals surface area contributed by atoms with E-state index in [1.165, 1.54) is 0 Å². The van der Waals surface area contributed by atoms with Gasteiger partial charge in [0, 0.05) is 37.0 Å². The summed E-state index contributed by atoms with van der Waals surface area (Å²) in [5.41, 5.74) is 1.69. The van der Waals surface area contributed by atoms with Crippen molar-refractivity contribution in [3.63, 3.8) is 0 Å². The number of hydrogen-bond acceptors (Lipinski definition) is 5. The van der Waals surface area contributed by atoms with E-state index in [2.05, 4.69) is 10.2 Å². The van der Waals surface area contributed by atoms with Crippen molar-refractivity contribution in [2.45, 2.75) is 13.8 Å². The SMILES string of the molecule is CCOC(=O)C1=C2SC/C(=C\C(=O)NC)N2CC1C. The second-order valence-electron chi connectivity index (χ2n) is 4.49. The molecule has 19 heavy (non-hydrogen) atoms. The maximum Gasteiger partial charge on any atom is 0.337 e. The molecule has 2 heterocycles. The van der Waals surface area contributed by atoms with E-state index in [1.54, 1.807) is 31.8 Å². The Morgan fingerprint density at radius 3 is 2.95 bits per heavy atom. The second kappa shape index (κ2) is 5.69. The highest BCUT2D eigenvalue weighted by molar-refractivity contribution is 8.03. The van der Waals surface area contributed by atoms with Crippen LogP contribution in [0.5, 0.6) is 0 Å². The molecule has 1 unspecified atom stereocenters. The van der Waals surface area contributed by atoms with Gasteiger partial charge in [-0.25, -0.2) is 4.79 Å². The number of carbonyl (C=O) groups is 2. The number of amides is 1. The molecule has 0 saturated carbocycles. The first-order valence-corrected chi connectivity index (χ1v) is 7.31. The molecule has 0 aromatic carbocycles. The van der Waals surface area contributed by atoms with Crippen LogP contribution in [-0.2, 0) is 14.3 Å². The molecule has 2 aliphatic heterocycles. The Morgan fingerprint density at radius 2 is 2.32 bits per heavy atom. The number of hydrogen-bond donors (Lipinski definition) is 1. The van der Waals surface area contributed by atoms with E-state index < -0.39 is 0 Å². The van der Waals surface area contributed by atoms with E-state index in [0.29, 0.717) is 6.61 Å². The summed E-state index contributed by atoms with van der Waals surface area (Å²) in [6.45, 7) is 4.93. The lowest BCUT2D eigenvalue weighted by molar-refractivity contribution is -0.139. The van der Waals surface area contributed by atoms with Crippen LogP contribution in [0, 0.1) is 5.92 Å². The first kappa shape index (κ1) is 14.0. The number of thioether (sulfide) groups is 1. The Balaban J connectivity index is 2.26. The minimum atomic E-state index is -0.235. The molecule has 1 saturated heterocycles. The molecule has 5 nitrogen and oxygen atoms in total. The number of esters is 1. The average Bonchev–Trinajstić information content (AvgIpc) is 2.88. The van der Waals surface area contributed by atoms with Crippen LogP contribution in [0.25, 0.3) is 0 Å². The molecule has 1 atom stereocenters. The molecule has 1 N–H and O–H groups in total. The third kappa shape index (κ3) is 2.63. The third-order valence-electron chi connectivity index (χ3n) is 3.17. The molecule has 0 spiro atoms. The largest absolute Gasteiger partial charge is 0.463 e. The van der Waals surface area contributed by atoms with E-state index in [-0.39, 0.29) is 17.8 Å². The molecule has 2 rings (SSSR count). The Morgan fingerprint density at radius 1 is 1.58 bits per heavy atom. The Kier molecular flexibility index (Phi) is 4.19. The molecule has 0 aliphatic carbocycles. The van der Waals surface area contributed by atoms with Gasteiger partial charge in [-0.2, -0.15) is 0 Å². The molecule has 0 aromatic heterocycles. The van der Waals surface area contributed by atoms with Crippen LogP contribution in [0.2, 0.25) is 0 Å². The van der Waals surface area contributed by atoms with Crippen LogP contribution in [0.15, 0.2) is 22.4 Å². The van der Waals surface area contributed by atoms with Crippen LogP contribution >= 0.6 is 11.8 Å². The van der Waals surface area contributed by atoms with Crippen LogP contribution in [-0.4, -0.2) is 42.7 Å². The lowest BCUT2D eigenvalue weighted by Crippen LogP contribution is -2.21. The molecule has 104 valence electrons. The number of nitrogens with one attached hydrogen (secondary N) is 1. The third-order valence-corrected chi connectivity index (χ3v) is 4.32. The summed E-state index contributed by atoms with van der Waals surface area (Å²) in [6.07, 6.45) is 1.60. The summed E-state index contributed by atoms with van der Waals surface area (Å²) < 4.78 is 5.11. The van der Waals surface area contributed by atoms with E-state index in [1.807, 2.05) is 6.92 Å². The van der Waals surface area contributed by atoms with Gasteiger partial charge in [-0.15, -0.1) is 11.8 Å². The highest BCUT2D eigenvalue weighted by Gasteiger charge is 2.39. The predicted octanol–water partition coefficient (Wildman–Crippen LogP) is 1.09. The quantitative estimate of drug-likeness (QED) is 0.620. The Bertz CT molecular complexity index is 471. The lowest BCUT2D eigenvalue weighted by Gasteiger charge is -2.15. The summed E-state index contributed by atoms with van der Waals surface area (Å²) in [7, 11) is 1.61. The molecule has 0 radical (unpaired) electrons. The van der Waals surface area contributed by atoms with Crippen molar-refractivity contribution in [1.82, 2.24) is 10.2 Å². The Hall–Kier alpha value is -1.43. The zero-order valence-corrected chi connectivity index (χ0v) is 12.2. The first-order chi connectivity index (χ1) is 9.08. The number of ether oxygens (including phenoxy) is 1. The highest BCUT2D eigenvalue weighted by Crippen LogP contribution is 2.44. The predicted molar refractivity (Wildman–Crippen MR) is 74.1 cm³/mol. The monoisotopic (exact) mass is 282 g/mol. The van der Waals surface area contributed by atoms with Crippen LogP contribution < -0.4 is 5.32 Å². The normalized spacial score (nSPS) is 23.8. The van der Waals surface area contributed by atoms with Gasteiger partial charge in [-0.05, 0) is 6.92 Å². The molecular weight excluding hydrogens is 264 g/mol. The van der Waals surface area contributed by atoms with Gasteiger partial charge >= 0.3 is 5.97 Å². The van der Waals surface area contributed by atoms with Gasteiger partial charge < -0.3 is 15.0 Å². The van der Waals surface area contributed by atoms with Crippen molar-refractivity contribution in [1.29, 1.82) is 0 Å². The van der Waals surface area contributed by atoms with Crippen molar-refractivity contribution in [3.05, 3.63) is 22.4 Å².